The number of aromatic nitrogens is 3. The van der Waals surface area contributed by atoms with Gasteiger partial charge in [0.2, 0.25) is 0 Å². The molecule has 0 unspecified atom stereocenters. The van der Waals surface area contributed by atoms with Crippen molar-refractivity contribution in [3.05, 3.63) is 81.9 Å². The molecule has 1 N–H and O–H groups in total. The van der Waals surface area contributed by atoms with Crippen molar-refractivity contribution in [2.75, 3.05) is 25.0 Å². The summed E-state index contributed by atoms with van der Waals surface area (Å²) < 4.78 is 17.0. The molecule has 12 nitrogen and oxygen atoms in total. The van der Waals surface area contributed by atoms with Crippen molar-refractivity contribution in [2.45, 2.75) is 33.0 Å². The number of ether oxygens (including phenoxy) is 3. The van der Waals surface area contributed by atoms with Gasteiger partial charge in [-0.1, -0.05) is 17.7 Å². The van der Waals surface area contributed by atoms with Gasteiger partial charge in [-0.3, -0.25) is 15.1 Å². The minimum absolute atomic E-state index is 0.0242. The summed E-state index contributed by atoms with van der Waals surface area (Å²) in [5.74, 6) is 0.958. The predicted molar refractivity (Wildman–Crippen MR) is 156 cm³/mol. The highest BCUT2D eigenvalue weighted by Crippen LogP contribution is 2.36. The Morgan fingerprint density at radius 2 is 1.90 bits per heavy atom. The Kier molecular flexibility index (Phi) is 8.25. The minimum Gasteiger partial charge on any atom is -0.486 e. The summed E-state index contributed by atoms with van der Waals surface area (Å²) >= 11 is 6.45. The monoisotopic (exact) mass is 592 g/mol. The maximum atomic E-state index is 12.2. The van der Waals surface area contributed by atoms with Crippen molar-refractivity contribution in [1.82, 2.24) is 19.9 Å². The van der Waals surface area contributed by atoms with Crippen LogP contribution in [0.25, 0.3) is 10.9 Å². The van der Waals surface area contributed by atoms with Gasteiger partial charge in [-0.25, -0.2) is 14.8 Å². The van der Waals surface area contributed by atoms with E-state index in [4.69, 9.17) is 25.8 Å². The van der Waals surface area contributed by atoms with Crippen LogP contribution in [0, 0.1) is 16.0 Å². The number of hydrogen-bond donors (Lipinski definition) is 1. The van der Waals surface area contributed by atoms with Gasteiger partial charge in [-0.05, 0) is 51.1 Å². The van der Waals surface area contributed by atoms with Crippen molar-refractivity contribution in [1.29, 1.82) is 0 Å². The second-order valence-electron chi connectivity index (χ2n) is 10.8. The van der Waals surface area contributed by atoms with E-state index < -0.39 is 10.5 Å². The highest BCUT2D eigenvalue weighted by atomic mass is 35.5. The topological polar surface area (TPSA) is 142 Å². The number of amides is 1. The number of nitrogens with one attached hydrogen (secondary N) is 1. The second kappa shape index (κ2) is 12.0. The van der Waals surface area contributed by atoms with Crippen LogP contribution in [0.1, 0.15) is 26.5 Å². The van der Waals surface area contributed by atoms with E-state index in [1.807, 2.05) is 18.2 Å². The molecule has 218 valence electrons. The van der Waals surface area contributed by atoms with Gasteiger partial charge in [0.15, 0.2) is 5.75 Å². The Morgan fingerprint density at radius 1 is 1.10 bits per heavy atom. The van der Waals surface area contributed by atoms with E-state index in [9.17, 15) is 14.9 Å². The first-order chi connectivity index (χ1) is 20.1. The lowest BCUT2D eigenvalue weighted by molar-refractivity contribution is -0.385. The number of benzene rings is 2. The van der Waals surface area contributed by atoms with E-state index in [0.717, 1.165) is 5.69 Å². The van der Waals surface area contributed by atoms with Gasteiger partial charge in [0, 0.05) is 43.0 Å². The molecule has 0 atom stereocenters. The number of nitrogens with zero attached hydrogens (tertiary/aromatic N) is 5. The number of anilines is 2. The molecule has 0 spiro atoms. The normalized spacial score (nSPS) is 13.4. The molecule has 4 aromatic rings. The molecule has 0 bridgehead atoms. The SMILES string of the molecule is CC(C)(C)OC(=O)N1CC(COc2cc3ncnc(Nc4ccc(OCc5ccccn5)c(Cl)c4)c3cc2[N+](=O)[O-])C1. The Bertz CT molecular complexity index is 1610. The first kappa shape index (κ1) is 28.8. The molecule has 0 aliphatic carbocycles. The molecule has 2 aromatic heterocycles. The van der Waals surface area contributed by atoms with Crippen LogP contribution in [0.4, 0.5) is 22.0 Å². The highest BCUT2D eigenvalue weighted by Gasteiger charge is 2.34. The van der Waals surface area contributed by atoms with Crippen molar-refractivity contribution < 1.29 is 23.9 Å². The van der Waals surface area contributed by atoms with E-state index in [2.05, 4.69) is 20.3 Å². The zero-order valence-electron chi connectivity index (χ0n) is 23.2. The summed E-state index contributed by atoms with van der Waals surface area (Å²) in [5, 5.41) is 15.9. The molecule has 1 aliphatic heterocycles. The molecule has 1 saturated heterocycles. The van der Waals surface area contributed by atoms with Crippen LogP contribution in [-0.2, 0) is 11.3 Å². The lowest BCUT2D eigenvalue weighted by Gasteiger charge is -2.39. The van der Waals surface area contributed by atoms with Crippen LogP contribution >= 0.6 is 11.6 Å². The number of hydrogen-bond acceptors (Lipinski definition) is 10. The van der Waals surface area contributed by atoms with E-state index >= 15 is 0 Å². The molecule has 0 saturated carbocycles. The Labute approximate surface area is 246 Å². The molecule has 2 aromatic carbocycles. The molecule has 1 fully saturated rings. The fourth-order valence-electron chi connectivity index (χ4n) is 4.26. The van der Waals surface area contributed by atoms with Gasteiger partial charge in [0.1, 0.15) is 30.1 Å². The number of nitro groups is 1. The molecule has 1 aliphatic rings. The quantitative estimate of drug-likeness (QED) is 0.177. The van der Waals surface area contributed by atoms with Crippen molar-refractivity contribution in [3.8, 4) is 11.5 Å². The van der Waals surface area contributed by atoms with Crippen molar-refractivity contribution in [3.63, 3.8) is 0 Å². The maximum Gasteiger partial charge on any atom is 0.410 e. The van der Waals surface area contributed by atoms with Gasteiger partial charge >= 0.3 is 11.8 Å². The van der Waals surface area contributed by atoms with Crippen LogP contribution < -0.4 is 14.8 Å². The summed E-state index contributed by atoms with van der Waals surface area (Å²) in [6.45, 7) is 6.78. The van der Waals surface area contributed by atoms with E-state index in [1.54, 1.807) is 50.1 Å². The first-order valence-electron chi connectivity index (χ1n) is 13.2. The van der Waals surface area contributed by atoms with Crippen LogP contribution in [0.15, 0.2) is 61.1 Å². The molecule has 0 radical (unpaired) electrons. The number of carbonyl (C=O) groups is 1. The average molecular weight is 593 g/mol. The standard InChI is InChI=1S/C29H29ClN6O6/c1-29(2,3)42-28(37)35-13-18(14-35)15-40-26-12-23-21(11-24(26)36(38)39)27(33-17-32-23)34-19-7-8-25(22(30)10-19)41-16-20-6-4-5-9-31-20/h4-12,17-18H,13-16H2,1-3H3,(H,32,33,34). The molecule has 42 heavy (non-hydrogen) atoms. The lowest BCUT2D eigenvalue weighted by Crippen LogP contribution is -2.53. The number of pyridine rings is 1. The highest BCUT2D eigenvalue weighted by molar-refractivity contribution is 6.32. The maximum absolute atomic E-state index is 12.2. The molecule has 1 amide bonds. The van der Waals surface area contributed by atoms with Crippen molar-refractivity contribution >= 4 is 45.8 Å². The van der Waals surface area contributed by atoms with Gasteiger partial charge in [0.05, 0.1) is 33.1 Å². The number of carbonyl (C=O) groups excluding carboxylic acids is 1. The third-order valence-electron chi connectivity index (χ3n) is 6.29. The van der Waals surface area contributed by atoms with Crippen molar-refractivity contribution in [2.24, 2.45) is 5.92 Å². The smallest absolute Gasteiger partial charge is 0.410 e. The summed E-state index contributed by atoms with van der Waals surface area (Å²) in [5.41, 5.74) is 1.03. The third-order valence-corrected chi connectivity index (χ3v) is 6.59. The number of rotatable bonds is 9. The summed E-state index contributed by atoms with van der Waals surface area (Å²) in [4.78, 5) is 38.0. The largest absolute Gasteiger partial charge is 0.486 e. The number of fused-ring (bicyclic) bond motifs is 1. The van der Waals surface area contributed by atoms with Crippen LogP contribution in [0.5, 0.6) is 11.5 Å². The predicted octanol–water partition coefficient (Wildman–Crippen LogP) is 6.15. The molecular weight excluding hydrogens is 564 g/mol. The van der Waals surface area contributed by atoms with Gasteiger partial charge in [0.25, 0.3) is 0 Å². The van der Waals surface area contributed by atoms with Crippen LogP contribution in [0.3, 0.4) is 0 Å². The summed E-state index contributed by atoms with van der Waals surface area (Å²) in [6.07, 6.45) is 2.66. The molecule has 13 heteroatoms. The fourth-order valence-corrected chi connectivity index (χ4v) is 4.49. The van der Waals surface area contributed by atoms with Gasteiger partial charge in [-0.15, -0.1) is 0 Å². The van der Waals surface area contributed by atoms with E-state index in [-0.39, 0.29) is 36.7 Å². The number of halogens is 1. The fraction of sp³-hybridized carbons (Fsp3) is 0.310. The Hall–Kier alpha value is -4.71. The Morgan fingerprint density at radius 3 is 2.60 bits per heavy atom. The van der Waals surface area contributed by atoms with E-state index in [0.29, 0.717) is 46.3 Å². The van der Waals surface area contributed by atoms with Crippen LogP contribution in [-0.4, -0.2) is 56.2 Å². The Balaban J connectivity index is 1.27. The second-order valence-corrected chi connectivity index (χ2v) is 11.2. The zero-order chi connectivity index (χ0) is 29.9. The van der Waals surface area contributed by atoms with Crippen LogP contribution in [0.2, 0.25) is 5.02 Å². The molecule has 3 heterocycles. The zero-order valence-corrected chi connectivity index (χ0v) is 24.0. The third kappa shape index (κ3) is 6.95. The van der Waals surface area contributed by atoms with E-state index in [1.165, 1.54) is 18.5 Å². The first-order valence-corrected chi connectivity index (χ1v) is 13.6. The lowest BCUT2D eigenvalue weighted by atomic mass is 10.0. The number of nitro benzene ring substituents is 1. The molecular formula is C29H29ClN6O6. The number of likely N-dealkylation sites (tertiary alicyclic amines) is 1. The summed E-state index contributed by atoms with van der Waals surface area (Å²) in [6, 6.07) is 13.6. The average Bonchev–Trinajstić information content (AvgIpc) is 2.91. The minimum atomic E-state index is -0.579. The molecule has 5 rings (SSSR count). The van der Waals surface area contributed by atoms with Gasteiger partial charge < -0.3 is 24.4 Å². The van der Waals surface area contributed by atoms with Gasteiger partial charge in [-0.2, -0.15) is 0 Å². The summed E-state index contributed by atoms with van der Waals surface area (Å²) in [7, 11) is 0.